The number of nitrogens with zero attached hydrogens (tertiary/aromatic N) is 3. The van der Waals surface area contributed by atoms with Crippen molar-refractivity contribution < 1.29 is 0 Å². The zero-order chi connectivity index (χ0) is 11.8. The van der Waals surface area contributed by atoms with Crippen LogP contribution in [0, 0.1) is 0 Å². The average Bonchev–Trinajstić information content (AvgIpc) is 2.77. The first-order chi connectivity index (χ1) is 8.25. The first kappa shape index (κ1) is 10.4. The van der Waals surface area contributed by atoms with E-state index in [2.05, 4.69) is 46.1 Å². The number of hydrogen-bond acceptors (Lipinski definition) is 5. The van der Waals surface area contributed by atoms with E-state index < -0.39 is 0 Å². The molecule has 0 saturated heterocycles. The Kier molecular flexibility index (Phi) is 2.40. The number of para-hydroxylation sites is 2. The van der Waals surface area contributed by atoms with Crippen LogP contribution in [0.15, 0.2) is 30.5 Å². The molecule has 1 aliphatic heterocycles. The Morgan fingerprint density at radius 1 is 1.24 bits per heavy atom. The minimum Gasteiger partial charge on any atom is -0.389 e. The monoisotopic (exact) mass is 246 g/mol. The number of thiazole rings is 1. The molecule has 5 heteroatoms. The van der Waals surface area contributed by atoms with E-state index >= 15 is 0 Å². The predicted molar refractivity (Wildman–Crippen MR) is 73.2 cm³/mol. The van der Waals surface area contributed by atoms with Gasteiger partial charge in [0.2, 0.25) is 0 Å². The summed E-state index contributed by atoms with van der Waals surface area (Å²) in [5.41, 5.74) is 8.20. The van der Waals surface area contributed by atoms with Crippen molar-refractivity contribution in [3.8, 4) is 0 Å². The molecular weight excluding hydrogens is 232 g/mol. The summed E-state index contributed by atoms with van der Waals surface area (Å²) in [6, 6.07) is 8.39. The van der Waals surface area contributed by atoms with Crippen molar-refractivity contribution in [2.45, 2.75) is 0 Å². The zero-order valence-corrected chi connectivity index (χ0v) is 10.4. The van der Waals surface area contributed by atoms with Crippen molar-refractivity contribution in [3.05, 3.63) is 30.5 Å². The Balaban J connectivity index is 2.06. The van der Waals surface area contributed by atoms with Gasteiger partial charge in [0, 0.05) is 20.1 Å². The van der Waals surface area contributed by atoms with Crippen LogP contribution in [0.4, 0.5) is 21.5 Å². The summed E-state index contributed by atoms with van der Waals surface area (Å²) >= 11 is 1.53. The van der Waals surface area contributed by atoms with Crippen LogP contribution in [0.1, 0.15) is 0 Å². The van der Waals surface area contributed by atoms with Gasteiger partial charge in [0.15, 0.2) is 5.13 Å². The minimum absolute atomic E-state index is 0.761. The van der Waals surface area contributed by atoms with Crippen molar-refractivity contribution >= 4 is 32.8 Å². The lowest BCUT2D eigenvalue weighted by atomic mass is 10.2. The molecule has 17 heavy (non-hydrogen) atoms. The molecular formula is C12H14N4S. The smallest absolute Gasteiger partial charge is 0.191 e. The Morgan fingerprint density at radius 3 is 2.71 bits per heavy atom. The highest BCUT2D eigenvalue weighted by Gasteiger charge is 2.22. The molecule has 0 radical (unpaired) electrons. The fourth-order valence-electron chi connectivity index (χ4n) is 2.11. The Bertz CT molecular complexity index is 537. The second-order valence-corrected chi connectivity index (χ2v) is 5.15. The summed E-state index contributed by atoms with van der Waals surface area (Å²) in [5, 5.41) is 1.74. The van der Waals surface area contributed by atoms with E-state index in [4.69, 9.17) is 5.73 Å². The van der Waals surface area contributed by atoms with Gasteiger partial charge in [-0.25, -0.2) is 4.98 Å². The number of nitrogen functional groups attached to an aromatic ring is 1. The van der Waals surface area contributed by atoms with Crippen LogP contribution in [-0.4, -0.2) is 25.1 Å². The summed E-state index contributed by atoms with van der Waals surface area (Å²) in [6.07, 6.45) is 1.72. The number of anilines is 4. The molecule has 3 rings (SSSR count). The molecule has 88 valence electrons. The van der Waals surface area contributed by atoms with Gasteiger partial charge in [-0.15, -0.1) is 0 Å². The number of likely N-dealkylation sites (N-methyl/N-ethyl adjacent to an activating group) is 1. The Morgan fingerprint density at radius 2 is 2.00 bits per heavy atom. The van der Waals surface area contributed by atoms with Crippen LogP contribution in [0.5, 0.6) is 0 Å². The van der Waals surface area contributed by atoms with Crippen LogP contribution in [0.3, 0.4) is 0 Å². The second kappa shape index (κ2) is 3.92. The van der Waals surface area contributed by atoms with Gasteiger partial charge in [-0.2, -0.15) is 0 Å². The van der Waals surface area contributed by atoms with Crippen LogP contribution in [-0.2, 0) is 0 Å². The molecule has 2 heterocycles. The maximum absolute atomic E-state index is 5.75. The summed E-state index contributed by atoms with van der Waals surface area (Å²) in [4.78, 5) is 8.86. The zero-order valence-electron chi connectivity index (χ0n) is 9.63. The van der Waals surface area contributed by atoms with Crippen LogP contribution < -0.4 is 15.5 Å². The van der Waals surface area contributed by atoms with Crippen molar-refractivity contribution in [1.29, 1.82) is 0 Å². The van der Waals surface area contributed by atoms with E-state index in [0.29, 0.717) is 0 Å². The molecule has 2 aromatic rings. The number of nitrogens with two attached hydrogens (primary N) is 1. The minimum atomic E-state index is 0.761. The quantitative estimate of drug-likeness (QED) is 0.838. The SMILES string of the molecule is CN1CCN(c2ncc(N)s2)c2ccccc21. The third-order valence-corrected chi connectivity index (χ3v) is 3.83. The van der Waals surface area contributed by atoms with Gasteiger partial charge < -0.3 is 15.5 Å². The van der Waals surface area contributed by atoms with Crippen molar-refractivity contribution in [2.24, 2.45) is 0 Å². The molecule has 1 aromatic carbocycles. The molecule has 0 aliphatic carbocycles. The van der Waals surface area contributed by atoms with Crippen molar-refractivity contribution in [1.82, 2.24) is 4.98 Å². The van der Waals surface area contributed by atoms with Gasteiger partial charge in [-0.05, 0) is 12.1 Å². The average molecular weight is 246 g/mol. The van der Waals surface area contributed by atoms with Crippen LogP contribution in [0.25, 0.3) is 0 Å². The van der Waals surface area contributed by atoms with Gasteiger partial charge in [-0.3, -0.25) is 0 Å². The summed E-state index contributed by atoms with van der Waals surface area (Å²) in [6.45, 7) is 1.94. The number of hydrogen-bond donors (Lipinski definition) is 1. The second-order valence-electron chi connectivity index (χ2n) is 4.11. The van der Waals surface area contributed by atoms with Gasteiger partial charge >= 0.3 is 0 Å². The fourth-order valence-corrected chi connectivity index (χ4v) is 2.83. The lowest BCUT2D eigenvalue weighted by Gasteiger charge is -2.35. The molecule has 2 N–H and O–H groups in total. The molecule has 1 aromatic heterocycles. The lowest BCUT2D eigenvalue weighted by Crippen LogP contribution is -2.36. The molecule has 1 aliphatic rings. The molecule has 0 bridgehead atoms. The number of rotatable bonds is 1. The predicted octanol–water partition coefficient (Wildman–Crippen LogP) is 2.31. The van der Waals surface area contributed by atoms with E-state index in [-0.39, 0.29) is 0 Å². The lowest BCUT2D eigenvalue weighted by molar-refractivity contribution is 0.819. The topological polar surface area (TPSA) is 45.4 Å². The van der Waals surface area contributed by atoms with E-state index in [1.807, 2.05) is 0 Å². The Hall–Kier alpha value is -1.75. The van der Waals surface area contributed by atoms with Crippen LogP contribution in [0.2, 0.25) is 0 Å². The summed E-state index contributed by atoms with van der Waals surface area (Å²) in [7, 11) is 2.12. The van der Waals surface area contributed by atoms with E-state index in [9.17, 15) is 0 Å². The summed E-state index contributed by atoms with van der Waals surface area (Å²) < 4.78 is 0. The standard InChI is InChI=1S/C12H14N4S/c1-15-6-7-16(12-14-8-11(13)17-12)10-5-3-2-4-9(10)15/h2-5,8H,6-7,13H2,1H3. The highest BCUT2D eigenvalue weighted by atomic mass is 32.1. The molecule has 0 saturated carbocycles. The molecule has 0 unspecified atom stereocenters. The number of aromatic nitrogens is 1. The normalized spacial score (nSPS) is 14.9. The van der Waals surface area contributed by atoms with Crippen LogP contribution >= 0.6 is 11.3 Å². The first-order valence-electron chi connectivity index (χ1n) is 5.55. The van der Waals surface area contributed by atoms with E-state index in [1.54, 1.807) is 6.20 Å². The van der Waals surface area contributed by atoms with Gasteiger partial charge in [-0.1, -0.05) is 23.5 Å². The maximum atomic E-state index is 5.75. The van der Waals surface area contributed by atoms with Gasteiger partial charge in [0.1, 0.15) is 5.00 Å². The molecule has 0 fully saturated rings. The molecule has 4 nitrogen and oxygen atoms in total. The van der Waals surface area contributed by atoms with Crippen molar-refractivity contribution in [2.75, 3.05) is 35.7 Å². The molecule has 0 amide bonds. The summed E-state index contributed by atoms with van der Waals surface area (Å²) in [5.74, 6) is 0. The maximum Gasteiger partial charge on any atom is 0.191 e. The highest BCUT2D eigenvalue weighted by Crippen LogP contribution is 2.38. The van der Waals surface area contributed by atoms with Gasteiger partial charge in [0.05, 0.1) is 17.6 Å². The molecule has 0 spiro atoms. The van der Waals surface area contributed by atoms with Crippen molar-refractivity contribution in [3.63, 3.8) is 0 Å². The van der Waals surface area contributed by atoms with Gasteiger partial charge in [0.25, 0.3) is 0 Å². The number of fused-ring (bicyclic) bond motifs is 1. The highest BCUT2D eigenvalue weighted by molar-refractivity contribution is 7.19. The third-order valence-electron chi connectivity index (χ3n) is 2.99. The number of benzene rings is 1. The Labute approximate surface area is 104 Å². The molecule has 0 atom stereocenters. The van der Waals surface area contributed by atoms with E-state index in [0.717, 1.165) is 23.2 Å². The third kappa shape index (κ3) is 1.72. The first-order valence-corrected chi connectivity index (χ1v) is 6.36. The fraction of sp³-hybridized carbons (Fsp3) is 0.250. The largest absolute Gasteiger partial charge is 0.389 e. The van der Waals surface area contributed by atoms with E-state index in [1.165, 1.54) is 22.7 Å².